The molecule has 112 valence electrons. The van der Waals surface area contributed by atoms with Crippen LogP contribution in [0.1, 0.15) is 11.1 Å². The van der Waals surface area contributed by atoms with Crippen LogP contribution in [0.3, 0.4) is 0 Å². The molecule has 0 atom stereocenters. The molecular formula is C16H22N4O. The number of nitrogens with one attached hydrogen (secondary N) is 2. The fourth-order valence-electron chi connectivity index (χ4n) is 2.12. The van der Waals surface area contributed by atoms with E-state index in [0.717, 1.165) is 19.5 Å². The van der Waals surface area contributed by atoms with Gasteiger partial charge in [0.2, 0.25) is 5.91 Å². The molecule has 0 spiro atoms. The zero-order valence-corrected chi connectivity index (χ0v) is 12.4. The Morgan fingerprint density at radius 1 is 1.24 bits per heavy atom. The van der Waals surface area contributed by atoms with Gasteiger partial charge in [-0.2, -0.15) is 5.10 Å². The lowest BCUT2D eigenvalue weighted by Crippen LogP contribution is -2.36. The fourth-order valence-corrected chi connectivity index (χ4v) is 2.12. The van der Waals surface area contributed by atoms with Crippen molar-refractivity contribution in [1.82, 2.24) is 20.4 Å². The van der Waals surface area contributed by atoms with Gasteiger partial charge in [-0.05, 0) is 30.5 Å². The lowest BCUT2D eigenvalue weighted by molar-refractivity contribution is -0.120. The van der Waals surface area contributed by atoms with Gasteiger partial charge in [0.1, 0.15) is 0 Å². The molecule has 1 amide bonds. The molecule has 2 rings (SSSR count). The van der Waals surface area contributed by atoms with Crippen molar-refractivity contribution in [2.24, 2.45) is 0 Å². The Hall–Kier alpha value is -2.14. The predicted molar refractivity (Wildman–Crippen MR) is 83.0 cm³/mol. The molecule has 0 radical (unpaired) electrons. The molecule has 1 aromatic carbocycles. The molecule has 2 N–H and O–H groups in total. The first-order valence-electron chi connectivity index (χ1n) is 7.25. The van der Waals surface area contributed by atoms with E-state index in [9.17, 15) is 4.79 Å². The summed E-state index contributed by atoms with van der Waals surface area (Å²) < 4.78 is 1.84. The van der Waals surface area contributed by atoms with Crippen LogP contribution in [0.15, 0.2) is 42.7 Å². The van der Waals surface area contributed by atoms with Gasteiger partial charge in [0.05, 0.1) is 13.1 Å². The topological polar surface area (TPSA) is 59.0 Å². The van der Waals surface area contributed by atoms with E-state index < -0.39 is 0 Å². The van der Waals surface area contributed by atoms with Gasteiger partial charge >= 0.3 is 0 Å². The summed E-state index contributed by atoms with van der Waals surface area (Å²) in [7, 11) is 0. The van der Waals surface area contributed by atoms with Crippen LogP contribution in [-0.2, 0) is 17.8 Å². The van der Waals surface area contributed by atoms with Gasteiger partial charge in [0.15, 0.2) is 0 Å². The molecule has 0 aliphatic rings. The number of hydrogen-bond donors (Lipinski definition) is 2. The van der Waals surface area contributed by atoms with Gasteiger partial charge in [-0.15, -0.1) is 0 Å². The number of benzene rings is 1. The molecular weight excluding hydrogens is 264 g/mol. The van der Waals surface area contributed by atoms with Crippen LogP contribution < -0.4 is 10.6 Å². The number of hydrogen-bond acceptors (Lipinski definition) is 3. The van der Waals surface area contributed by atoms with Gasteiger partial charge in [-0.25, -0.2) is 0 Å². The zero-order chi connectivity index (χ0) is 14.9. The maximum Gasteiger partial charge on any atom is 0.233 e. The molecule has 0 saturated carbocycles. The predicted octanol–water partition coefficient (Wildman–Crippen LogP) is 1.14. The molecule has 0 aliphatic heterocycles. The van der Waals surface area contributed by atoms with Crippen LogP contribution in [0.25, 0.3) is 0 Å². The van der Waals surface area contributed by atoms with Crippen LogP contribution in [0, 0.1) is 6.92 Å². The van der Waals surface area contributed by atoms with E-state index in [-0.39, 0.29) is 5.91 Å². The normalized spacial score (nSPS) is 10.5. The summed E-state index contributed by atoms with van der Waals surface area (Å²) in [6.07, 6.45) is 4.52. The number of carbonyl (C=O) groups excluding carboxylic acids is 1. The standard InChI is InChI=1S/C16H22N4O/c1-14-5-2-3-6-15(14)7-9-18-16(21)13-17-10-12-20-11-4-8-19-20/h2-6,8,11,17H,7,9-10,12-13H2,1H3,(H,18,21). The van der Waals surface area contributed by atoms with Crippen molar-refractivity contribution in [3.63, 3.8) is 0 Å². The third kappa shape index (κ3) is 5.39. The van der Waals surface area contributed by atoms with Gasteiger partial charge < -0.3 is 10.6 Å². The summed E-state index contributed by atoms with van der Waals surface area (Å²) in [4.78, 5) is 11.7. The fraction of sp³-hybridized carbons (Fsp3) is 0.375. The molecule has 0 unspecified atom stereocenters. The highest BCUT2D eigenvalue weighted by atomic mass is 16.1. The second-order valence-corrected chi connectivity index (χ2v) is 4.97. The van der Waals surface area contributed by atoms with E-state index in [0.29, 0.717) is 13.1 Å². The SMILES string of the molecule is Cc1ccccc1CCNC(=O)CNCCn1cccn1. The van der Waals surface area contributed by atoms with Crippen LogP contribution >= 0.6 is 0 Å². The summed E-state index contributed by atoms with van der Waals surface area (Å²) in [6.45, 7) is 4.60. The Bertz CT molecular complexity index is 551. The minimum absolute atomic E-state index is 0.0315. The quantitative estimate of drug-likeness (QED) is 0.716. The molecule has 1 heterocycles. The third-order valence-corrected chi connectivity index (χ3v) is 3.34. The number of nitrogens with zero attached hydrogens (tertiary/aromatic N) is 2. The first-order chi connectivity index (χ1) is 10.3. The molecule has 0 bridgehead atoms. The molecule has 0 fully saturated rings. The zero-order valence-electron chi connectivity index (χ0n) is 12.4. The van der Waals surface area contributed by atoms with Crippen LogP contribution in [0.4, 0.5) is 0 Å². The van der Waals surface area contributed by atoms with E-state index in [2.05, 4.69) is 34.8 Å². The van der Waals surface area contributed by atoms with E-state index in [4.69, 9.17) is 0 Å². The lowest BCUT2D eigenvalue weighted by Gasteiger charge is -2.08. The summed E-state index contributed by atoms with van der Waals surface area (Å²) in [6, 6.07) is 10.1. The van der Waals surface area contributed by atoms with Crippen molar-refractivity contribution < 1.29 is 4.79 Å². The second-order valence-electron chi connectivity index (χ2n) is 4.97. The molecule has 0 aliphatic carbocycles. The minimum Gasteiger partial charge on any atom is -0.355 e. The maximum absolute atomic E-state index is 11.7. The molecule has 5 nitrogen and oxygen atoms in total. The van der Waals surface area contributed by atoms with Gasteiger partial charge in [0, 0.05) is 25.5 Å². The summed E-state index contributed by atoms with van der Waals surface area (Å²) >= 11 is 0. The lowest BCUT2D eigenvalue weighted by atomic mass is 10.1. The minimum atomic E-state index is 0.0315. The number of aromatic nitrogens is 2. The summed E-state index contributed by atoms with van der Waals surface area (Å²) in [5.74, 6) is 0.0315. The molecule has 5 heteroatoms. The first kappa shape index (κ1) is 15.3. The Morgan fingerprint density at radius 3 is 2.86 bits per heavy atom. The van der Waals surface area contributed by atoms with Gasteiger partial charge in [-0.3, -0.25) is 9.48 Å². The van der Waals surface area contributed by atoms with Crippen LogP contribution in [0.5, 0.6) is 0 Å². The van der Waals surface area contributed by atoms with Crippen molar-refractivity contribution >= 4 is 5.91 Å². The Balaban J connectivity index is 1.56. The molecule has 2 aromatic rings. The number of rotatable bonds is 8. The average molecular weight is 286 g/mol. The van der Waals surface area contributed by atoms with Gasteiger partial charge in [0.25, 0.3) is 0 Å². The largest absolute Gasteiger partial charge is 0.355 e. The monoisotopic (exact) mass is 286 g/mol. The number of carbonyl (C=O) groups is 1. The Kier molecular flexibility index (Phi) is 5.97. The summed E-state index contributed by atoms with van der Waals surface area (Å²) in [5, 5.41) is 10.1. The number of amides is 1. The van der Waals surface area contributed by atoms with Crippen LogP contribution in [-0.4, -0.2) is 35.3 Å². The third-order valence-electron chi connectivity index (χ3n) is 3.34. The highest BCUT2D eigenvalue weighted by Gasteiger charge is 2.01. The molecule has 0 saturated heterocycles. The summed E-state index contributed by atoms with van der Waals surface area (Å²) in [5.41, 5.74) is 2.55. The van der Waals surface area contributed by atoms with Crippen molar-refractivity contribution in [3.8, 4) is 0 Å². The van der Waals surface area contributed by atoms with E-state index >= 15 is 0 Å². The average Bonchev–Trinajstić information content (AvgIpc) is 2.99. The van der Waals surface area contributed by atoms with Crippen molar-refractivity contribution in [1.29, 1.82) is 0 Å². The molecule has 21 heavy (non-hydrogen) atoms. The first-order valence-corrected chi connectivity index (χ1v) is 7.25. The Labute approximate surface area is 125 Å². The highest BCUT2D eigenvalue weighted by Crippen LogP contribution is 2.06. The maximum atomic E-state index is 11.7. The Morgan fingerprint density at radius 2 is 2.10 bits per heavy atom. The van der Waals surface area contributed by atoms with Crippen molar-refractivity contribution in [2.75, 3.05) is 19.6 Å². The van der Waals surface area contributed by atoms with Crippen molar-refractivity contribution in [3.05, 3.63) is 53.9 Å². The number of aryl methyl sites for hydroxylation is 1. The highest BCUT2D eigenvalue weighted by molar-refractivity contribution is 5.77. The second kappa shape index (κ2) is 8.21. The van der Waals surface area contributed by atoms with E-state index in [1.54, 1.807) is 6.20 Å². The van der Waals surface area contributed by atoms with E-state index in [1.807, 2.05) is 29.1 Å². The van der Waals surface area contributed by atoms with Crippen molar-refractivity contribution in [2.45, 2.75) is 19.9 Å². The van der Waals surface area contributed by atoms with Crippen LogP contribution in [0.2, 0.25) is 0 Å². The smallest absolute Gasteiger partial charge is 0.233 e. The molecule has 1 aromatic heterocycles. The van der Waals surface area contributed by atoms with Gasteiger partial charge in [-0.1, -0.05) is 24.3 Å². The van der Waals surface area contributed by atoms with E-state index in [1.165, 1.54) is 11.1 Å².